The lowest BCUT2D eigenvalue weighted by atomic mass is 10.2. The van der Waals surface area contributed by atoms with Crippen LogP contribution in [0.3, 0.4) is 0 Å². The van der Waals surface area contributed by atoms with Gasteiger partial charge in [-0.05, 0) is 29.8 Å². The molecule has 0 bridgehead atoms. The van der Waals surface area contributed by atoms with E-state index >= 15 is 0 Å². The maximum absolute atomic E-state index is 11.9. The fraction of sp³-hybridized carbons (Fsp3) is 0.0556. The predicted molar refractivity (Wildman–Crippen MR) is 94.7 cm³/mol. The summed E-state index contributed by atoms with van der Waals surface area (Å²) in [5, 5.41) is 11.4. The zero-order chi connectivity index (χ0) is 16.8. The van der Waals surface area contributed by atoms with Crippen molar-refractivity contribution in [3.63, 3.8) is 0 Å². The molecule has 1 aromatic heterocycles. The molecular weight excluding hydrogens is 324 g/mol. The third-order valence-corrected chi connectivity index (χ3v) is 3.48. The number of carbonyl (C=O) groups is 1. The molecule has 1 N–H and O–H groups in total. The Kier molecular flexibility index (Phi) is 5.03. The maximum Gasteiger partial charge on any atom is 0.248 e. The van der Waals surface area contributed by atoms with Crippen molar-refractivity contribution in [1.82, 2.24) is 15.0 Å². The molecule has 0 aliphatic heterocycles. The molecule has 0 saturated carbocycles. The van der Waals surface area contributed by atoms with Crippen LogP contribution in [0.1, 0.15) is 11.3 Å². The van der Waals surface area contributed by atoms with Gasteiger partial charge in [0.2, 0.25) is 5.91 Å². The molecule has 3 aromatic rings. The van der Waals surface area contributed by atoms with Gasteiger partial charge < -0.3 is 5.32 Å². The number of nitrogens with one attached hydrogen (secondary N) is 1. The summed E-state index contributed by atoms with van der Waals surface area (Å²) in [6, 6.07) is 17.0. The Labute approximate surface area is 144 Å². The molecule has 0 aliphatic rings. The molecule has 0 aliphatic carbocycles. The van der Waals surface area contributed by atoms with E-state index in [4.69, 9.17) is 11.6 Å². The number of hydrogen-bond donors (Lipinski definition) is 1. The molecule has 0 atom stereocenters. The van der Waals surface area contributed by atoms with Gasteiger partial charge in [0.1, 0.15) is 5.69 Å². The predicted octanol–water partition coefficient (Wildman–Crippen LogP) is 3.63. The van der Waals surface area contributed by atoms with Crippen LogP contribution >= 0.6 is 11.6 Å². The number of aromatic nitrogens is 3. The Morgan fingerprint density at radius 2 is 2.00 bits per heavy atom. The van der Waals surface area contributed by atoms with Gasteiger partial charge in [-0.25, -0.2) is 4.68 Å². The van der Waals surface area contributed by atoms with E-state index in [0.717, 1.165) is 5.56 Å². The molecule has 24 heavy (non-hydrogen) atoms. The molecule has 0 fully saturated rings. The second-order valence-corrected chi connectivity index (χ2v) is 5.60. The Morgan fingerprint density at radius 1 is 1.17 bits per heavy atom. The number of carbonyl (C=O) groups excluding carboxylic acids is 1. The molecule has 0 spiro atoms. The molecule has 0 saturated heterocycles. The number of anilines is 1. The van der Waals surface area contributed by atoms with Crippen LogP contribution in [0.5, 0.6) is 0 Å². The van der Waals surface area contributed by atoms with Crippen molar-refractivity contribution in [3.05, 3.63) is 83.2 Å². The number of benzene rings is 2. The summed E-state index contributed by atoms with van der Waals surface area (Å²) in [5.41, 5.74) is 2.40. The minimum absolute atomic E-state index is 0.255. The van der Waals surface area contributed by atoms with Gasteiger partial charge in [0, 0.05) is 16.8 Å². The second-order valence-electron chi connectivity index (χ2n) is 5.16. The van der Waals surface area contributed by atoms with E-state index < -0.39 is 0 Å². The van der Waals surface area contributed by atoms with Crippen molar-refractivity contribution in [2.75, 3.05) is 5.32 Å². The Morgan fingerprint density at radius 3 is 2.79 bits per heavy atom. The Bertz CT molecular complexity index is 858. The molecule has 0 unspecified atom stereocenters. The second kappa shape index (κ2) is 7.57. The minimum Gasteiger partial charge on any atom is -0.322 e. The van der Waals surface area contributed by atoms with Crippen molar-refractivity contribution >= 4 is 29.3 Å². The number of rotatable bonds is 5. The number of halogens is 1. The minimum atomic E-state index is -0.255. The number of hydrogen-bond acceptors (Lipinski definition) is 3. The molecule has 120 valence electrons. The highest BCUT2D eigenvalue weighted by Crippen LogP contribution is 2.14. The normalized spacial score (nSPS) is 10.9. The Balaban J connectivity index is 1.59. The summed E-state index contributed by atoms with van der Waals surface area (Å²) in [6.45, 7) is 0.635. The Hall–Kier alpha value is -2.92. The number of nitrogens with zero attached hydrogens (tertiary/aromatic N) is 3. The smallest absolute Gasteiger partial charge is 0.248 e. The lowest BCUT2D eigenvalue weighted by Crippen LogP contribution is -2.07. The van der Waals surface area contributed by atoms with Gasteiger partial charge in [0.25, 0.3) is 0 Å². The lowest BCUT2D eigenvalue weighted by Gasteiger charge is -2.01. The fourth-order valence-electron chi connectivity index (χ4n) is 2.15. The molecule has 5 nitrogen and oxygen atoms in total. The standard InChI is InChI=1S/C18H15ClN4O/c19-15-7-4-8-16(11-15)20-18(24)10-9-17-13-23(22-21-17)12-14-5-2-1-3-6-14/h1-11,13H,12H2,(H,20,24)/b10-9+. The van der Waals surface area contributed by atoms with Crippen LogP contribution in [0.2, 0.25) is 5.02 Å². The molecule has 0 radical (unpaired) electrons. The summed E-state index contributed by atoms with van der Waals surface area (Å²) in [5.74, 6) is -0.255. The highest BCUT2D eigenvalue weighted by Gasteiger charge is 2.01. The summed E-state index contributed by atoms with van der Waals surface area (Å²) >= 11 is 5.88. The van der Waals surface area contributed by atoms with Gasteiger partial charge >= 0.3 is 0 Å². The van der Waals surface area contributed by atoms with E-state index in [1.54, 1.807) is 41.2 Å². The molecule has 1 amide bonds. The van der Waals surface area contributed by atoms with Crippen molar-refractivity contribution in [1.29, 1.82) is 0 Å². The topological polar surface area (TPSA) is 59.8 Å². The third kappa shape index (κ3) is 4.54. The summed E-state index contributed by atoms with van der Waals surface area (Å²) in [6.07, 6.45) is 4.82. The third-order valence-electron chi connectivity index (χ3n) is 3.24. The summed E-state index contributed by atoms with van der Waals surface area (Å²) < 4.78 is 1.73. The first-order chi connectivity index (χ1) is 11.7. The van der Waals surface area contributed by atoms with Crippen molar-refractivity contribution in [3.8, 4) is 0 Å². The zero-order valence-corrected chi connectivity index (χ0v) is 13.5. The summed E-state index contributed by atoms with van der Waals surface area (Å²) in [4.78, 5) is 11.9. The quantitative estimate of drug-likeness (QED) is 0.723. The lowest BCUT2D eigenvalue weighted by molar-refractivity contribution is -0.111. The van der Waals surface area contributed by atoms with Crippen molar-refractivity contribution in [2.45, 2.75) is 6.54 Å². The van der Waals surface area contributed by atoms with Crippen LogP contribution in [0.25, 0.3) is 6.08 Å². The van der Waals surface area contributed by atoms with Crippen LogP contribution in [0.4, 0.5) is 5.69 Å². The van der Waals surface area contributed by atoms with Gasteiger partial charge in [-0.2, -0.15) is 0 Å². The monoisotopic (exact) mass is 338 g/mol. The zero-order valence-electron chi connectivity index (χ0n) is 12.8. The first kappa shape index (κ1) is 16.0. The van der Waals surface area contributed by atoms with Crippen LogP contribution in [0.15, 0.2) is 66.9 Å². The molecule has 6 heteroatoms. The van der Waals surface area contributed by atoms with Gasteiger partial charge in [0.05, 0.1) is 12.7 Å². The maximum atomic E-state index is 11.9. The van der Waals surface area contributed by atoms with E-state index in [0.29, 0.717) is 22.9 Å². The van der Waals surface area contributed by atoms with Crippen LogP contribution in [-0.4, -0.2) is 20.9 Å². The van der Waals surface area contributed by atoms with Gasteiger partial charge in [-0.1, -0.05) is 53.2 Å². The van der Waals surface area contributed by atoms with Crippen molar-refractivity contribution < 1.29 is 4.79 Å². The van der Waals surface area contributed by atoms with E-state index in [9.17, 15) is 4.79 Å². The molecule has 2 aromatic carbocycles. The average molecular weight is 339 g/mol. The first-order valence-electron chi connectivity index (χ1n) is 7.38. The molecule has 3 rings (SSSR count). The van der Waals surface area contributed by atoms with Crippen molar-refractivity contribution in [2.24, 2.45) is 0 Å². The van der Waals surface area contributed by atoms with Gasteiger partial charge in [0.15, 0.2) is 0 Å². The van der Waals surface area contributed by atoms with Gasteiger partial charge in [-0.15, -0.1) is 5.10 Å². The molecular formula is C18H15ClN4O. The van der Waals surface area contributed by atoms with Crippen LogP contribution in [-0.2, 0) is 11.3 Å². The van der Waals surface area contributed by atoms with E-state index in [2.05, 4.69) is 15.6 Å². The SMILES string of the molecule is O=C(/C=C/c1cn(Cc2ccccc2)nn1)Nc1cccc(Cl)c1. The van der Waals surface area contributed by atoms with E-state index in [1.165, 1.54) is 6.08 Å². The first-order valence-corrected chi connectivity index (χ1v) is 7.75. The van der Waals surface area contributed by atoms with Crippen LogP contribution < -0.4 is 5.32 Å². The summed E-state index contributed by atoms with van der Waals surface area (Å²) in [7, 11) is 0. The fourth-order valence-corrected chi connectivity index (χ4v) is 2.34. The van der Waals surface area contributed by atoms with Gasteiger partial charge in [-0.3, -0.25) is 4.79 Å². The van der Waals surface area contributed by atoms with E-state index in [-0.39, 0.29) is 5.91 Å². The highest BCUT2D eigenvalue weighted by molar-refractivity contribution is 6.30. The number of amides is 1. The largest absolute Gasteiger partial charge is 0.322 e. The average Bonchev–Trinajstić information content (AvgIpc) is 3.01. The highest BCUT2D eigenvalue weighted by atomic mass is 35.5. The van der Waals surface area contributed by atoms with E-state index in [1.807, 2.05) is 30.3 Å². The van der Waals surface area contributed by atoms with Crippen LogP contribution in [0, 0.1) is 0 Å². The molecule has 1 heterocycles.